The van der Waals surface area contributed by atoms with Gasteiger partial charge in [0.25, 0.3) is 5.91 Å². The van der Waals surface area contributed by atoms with Gasteiger partial charge in [-0.2, -0.15) is 5.10 Å². The van der Waals surface area contributed by atoms with Crippen LogP contribution < -0.4 is 10.6 Å². The number of halogens is 1. The Bertz CT molecular complexity index is 860. The molecule has 2 saturated heterocycles. The zero-order valence-corrected chi connectivity index (χ0v) is 16.3. The number of hydrogen-bond donors (Lipinski definition) is 3. The van der Waals surface area contributed by atoms with Gasteiger partial charge in [0.15, 0.2) is 0 Å². The maximum Gasteiger partial charge on any atom is 0.271 e. The first-order valence-corrected chi connectivity index (χ1v) is 10.2. The average Bonchev–Trinajstić information content (AvgIpc) is 3.45. The van der Waals surface area contributed by atoms with E-state index in [1.165, 1.54) is 12.1 Å². The van der Waals surface area contributed by atoms with Crippen LogP contribution in [0.15, 0.2) is 30.3 Å². The van der Waals surface area contributed by atoms with Crippen molar-refractivity contribution in [2.45, 2.75) is 31.7 Å². The standard InChI is InChI=1S/C21H26FN5O2/c22-16-7-5-15(6-8-16)18-11-19(26-25-18)21(29)27-10-2-3-14(13-27)12-24-20(28)17-4-1-9-23-17/h5-8,11,14,17,23H,1-4,9-10,12-13H2,(H,24,28)(H,25,26). The molecular formula is C21H26FN5O2. The second kappa shape index (κ2) is 8.73. The Morgan fingerprint density at radius 2 is 2.03 bits per heavy atom. The van der Waals surface area contributed by atoms with Crippen LogP contribution in [0.25, 0.3) is 11.3 Å². The van der Waals surface area contributed by atoms with E-state index in [0.29, 0.717) is 31.0 Å². The van der Waals surface area contributed by atoms with Crippen LogP contribution in [0, 0.1) is 11.7 Å². The lowest BCUT2D eigenvalue weighted by atomic mass is 9.97. The SMILES string of the molecule is O=C(NCC1CCCN(C(=O)c2cc(-c3ccc(F)cc3)n[nH]2)C1)C1CCCN1. The third-order valence-corrected chi connectivity index (χ3v) is 5.70. The number of aromatic nitrogens is 2. The van der Waals surface area contributed by atoms with Crippen molar-refractivity contribution in [2.75, 3.05) is 26.2 Å². The molecule has 2 fully saturated rings. The maximum atomic E-state index is 13.1. The lowest BCUT2D eigenvalue weighted by molar-refractivity contribution is -0.123. The Balaban J connectivity index is 1.33. The van der Waals surface area contributed by atoms with Crippen molar-refractivity contribution in [1.29, 1.82) is 0 Å². The number of piperidine rings is 1. The van der Waals surface area contributed by atoms with Crippen LogP contribution >= 0.6 is 0 Å². The van der Waals surface area contributed by atoms with Crippen LogP contribution in [-0.2, 0) is 4.79 Å². The van der Waals surface area contributed by atoms with Gasteiger partial charge in [-0.05, 0) is 68.5 Å². The van der Waals surface area contributed by atoms with Gasteiger partial charge in [0.1, 0.15) is 11.5 Å². The van der Waals surface area contributed by atoms with Crippen LogP contribution in [0.2, 0.25) is 0 Å². The number of carbonyl (C=O) groups is 2. The van der Waals surface area contributed by atoms with Crippen molar-refractivity contribution >= 4 is 11.8 Å². The normalized spacial score (nSPS) is 21.9. The highest BCUT2D eigenvalue weighted by atomic mass is 19.1. The first kappa shape index (κ1) is 19.6. The van der Waals surface area contributed by atoms with E-state index < -0.39 is 0 Å². The van der Waals surface area contributed by atoms with Crippen LogP contribution in [0.1, 0.15) is 36.2 Å². The van der Waals surface area contributed by atoms with Gasteiger partial charge in [-0.15, -0.1) is 0 Å². The molecule has 29 heavy (non-hydrogen) atoms. The van der Waals surface area contributed by atoms with Crippen LogP contribution in [0.3, 0.4) is 0 Å². The Morgan fingerprint density at radius 1 is 1.21 bits per heavy atom. The van der Waals surface area contributed by atoms with Gasteiger partial charge in [-0.1, -0.05) is 0 Å². The molecule has 1 aromatic carbocycles. The molecule has 2 atom stereocenters. The molecule has 0 saturated carbocycles. The second-order valence-corrected chi connectivity index (χ2v) is 7.83. The zero-order chi connectivity index (χ0) is 20.2. The van der Waals surface area contributed by atoms with Gasteiger partial charge in [-0.3, -0.25) is 14.7 Å². The van der Waals surface area contributed by atoms with Crippen LogP contribution in [0.4, 0.5) is 4.39 Å². The van der Waals surface area contributed by atoms with Crippen molar-refractivity contribution in [3.63, 3.8) is 0 Å². The first-order chi connectivity index (χ1) is 14.1. The van der Waals surface area contributed by atoms with Gasteiger partial charge >= 0.3 is 0 Å². The Hall–Kier alpha value is -2.74. The maximum absolute atomic E-state index is 13.1. The Kier molecular flexibility index (Phi) is 5.89. The molecule has 4 rings (SSSR count). The van der Waals surface area contributed by atoms with Crippen LogP contribution in [0.5, 0.6) is 0 Å². The Morgan fingerprint density at radius 3 is 2.79 bits per heavy atom. The van der Waals surface area contributed by atoms with Crippen LogP contribution in [-0.4, -0.2) is 59.1 Å². The molecule has 2 aliphatic rings. The highest BCUT2D eigenvalue weighted by Gasteiger charge is 2.27. The van der Waals surface area contributed by atoms with Gasteiger partial charge in [0.2, 0.25) is 5.91 Å². The number of amides is 2. The fourth-order valence-corrected chi connectivity index (χ4v) is 4.06. The quantitative estimate of drug-likeness (QED) is 0.717. The minimum absolute atomic E-state index is 0.0588. The van der Waals surface area contributed by atoms with Crippen molar-refractivity contribution < 1.29 is 14.0 Å². The van der Waals surface area contributed by atoms with E-state index in [9.17, 15) is 14.0 Å². The average molecular weight is 399 g/mol. The molecule has 0 bridgehead atoms. The van der Waals surface area contributed by atoms with Gasteiger partial charge in [-0.25, -0.2) is 4.39 Å². The van der Waals surface area contributed by atoms with E-state index in [4.69, 9.17) is 0 Å². The molecule has 1 aromatic heterocycles. The monoisotopic (exact) mass is 399 g/mol. The van der Waals surface area contributed by atoms with Crippen molar-refractivity contribution in [2.24, 2.45) is 5.92 Å². The summed E-state index contributed by atoms with van der Waals surface area (Å²) < 4.78 is 13.1. The Labute approximate surface area is 169 Å². The first-order valence-electron chi connectivity index (χ1n) is 10.2. The molecule has 2 aromatic rings. The molecule has 0 spiro atoms. The third kappa shape index (κ3) is 4.64. The summed E-state index contributed by atoms with van der Waals surface area (Å²) in [5.74, 6) is -0.101. The molecule has 8 heteroatoms. The van der Waals surface area contributed by atoms with E-state index in [0.717, 1.165) is 37.8 Å². The highest BCUT2D eigenvalue weighted by molar-refractivity contribution is 5.93. The minimum atomic E-state index is -0.309. The molecule has 2 unspecified atom stereocenters. The summed E-state index contributed by atoms with van der Waals surface area (Å²) in [6, 6.07) is 7.64. The summed E-state index contributed by atoms with van der Waals surface area (Å²) in [7, 11) is 0. The minimum Gasteiger partial charge on any atom is -0.354 e. The summed E-state index contributed by atoms with van der Waals surface area (Å²) >= 11 is 0. The number of hydrogen-bond acceptors (Lipinski definition) is 4. The van der Waals surface area contributed by atoms with E-state index in [-0.39, 0.29) is 29.6 Å². The lowest BCUT2D eigenvalue weighted by Crippen LogP contribution is -2.46. The number of nitrogens with one attached hydrogen (secondary N) is 3. The molecule has 3 N–H and O–H groups in total. The number of benzene rings is 1. The van der Waals surface area contributed by atoms with E-state index in [1.54, 1.807) is 18.2 Å². The number of nitrogens with zero attached hydrogens (tertiary/aromatic N) is 2. The second-order valence-electron chi connectivity index (χ2n) is 7.83. The third-order valence-electron chi connectivity index (χ3n) is 5.70. The number of rotatable bonds is 5. The van der Waals surface area contributed by atoms with Crippen molar-refractivity contribution in [3.05, 3.63) is 41.8 Å². The zero-order valence-electron chi connectivity index (χ0n) is 16.3. The van der Waals surface area contributed by atoms with E-state index >= 15 is 0 Å². The molecule has 7 nitrogen and oxygen atoms in total. The molecule has 2 aliphatic heterocycles. The van der Waals surface area contributed by atoms with Crippen molar-refractivity contribution in [1.82, 2.24) is 25.7 Å². The van der Waals surface area contributed by atoms with E-state index in [1.807, 2.05) is 4.90 Å². The summed E-state index contributed by atoms with van der Waals surface area (Å²) in [4.78, 5) is 26.9. The predicted molar refractivity (Wildman–Crippen MR) is 107 cm³/mol. The predicted octanol–water partition coefficient (Wildman–Crippen LogP) is 1.94. The molecule has 0 aliphatic carbocycles. The van der Waals surface area contributed by atoms with E-state index in [2.05, 4.69) is 20.8 Å². The smallest absolute Gasteiger partial charge is 0.271 e. The fourth-order valence-electron chi connectivity index (χ4n) is 4.06. The van der Waals surface area contributed by atoms with Gasteiger partial charge in [0, 0.05) is 25.2 Å². The molecule has 2 amide bonds. The number of likely N-dealkylation sites (tertiary alicyclic amines) is 1. The lowest BCUT2D eigenvalue weighted by Gasteiger charge is -2.32. The summed E-state index contributed by atoms with van der Waals surface area (Å²) in [5, 5.41) is 13.2. The summed E-state index contributed by atoms with van der Waals surface area (Å²) in [6.07, 6.45) is 3.82. The molecule has 0 radical (unpaired) electrons. The molecule has 3 heterocycles. The fraction of sp³-hybridized carbons (Fsp3) is 0.476. The topological polar surface area (TPSA) is 90.1 Å². The molecular weight excluding hydrogens is 373 g/mol. The molecule has 154 valence electrons. The van der Waals surface area contributed by atoms with Gasteiger partial charge in [0.05, 0.1) is 11.7 Å². The summed E-state index contributed by atoms with van der Waals surface area (Å²) in [5.41, 5.74) is 1.78. The summed E-state index contributed by atoms with van der Waals surface area (Å²) in [6.45, 7) is 2.79. The number of H-pyrrole nitrogens is 1. The highest BCUT2D eigenvalue weighted by Crippen LogP contribution is 2.21. The largest absolute Gasteiger partial charge is 0.354 e. The van der Waals surface area contributed by atoms with Crippen molar-refractivity contribution in [3.8, 4) is 11.3 Å². The van der Waals surface area contributed by atoms with Gasteiger partial charge < -0.3 is 15.5 Å². The number of carbonyl (C=O) groups excluding carboxylic acids is 2. The number of aromatic amines is 1.